The zero-order chi connectivity index (χ0) is 24.1. The molecule has 178 valence electrons. The Morgan fingerprint density at radius 1 is 0.970 bits per heavy atom. The number of methoxy groups -OCH3 is 1. The number of phenols is 1. The minimum Gasteiger partial charge on any atom is -0.508 e. The Morgan fingerprint density at radius 3 is 2.30 bits per heavy atom. The normalized spacial score (nSPS) is 12.4. The molecule has 2 unspecified atom stereocenters. The summed E-state index contributed by atoms with van der Waals surface area (Å²) < 4.78 is 20.7. The maximum Gasteiger partial charge on any atom is 0.328 e. The first-order valence-electron chi connectivity index (χ1n) is 10.5. The number of nitrogens with one attached hydrogen (secondary N) is 1. The molecule has 0 fully saturated rings. The molecule has 2 aromatic rings. The fraction of sp³-hybridized carbons (Fsp3) is 0.375. The minimum atomic E-state index is -0.989. The SMILES string of the molecule is CCOC(=O)C(Cc1ccc(O)cc1)NC(=O)COC(CC(=O)OCc1ccccc1)OC. The predicted molar refractivity (Wildman–Crippen MR) is 118 cm³/mol. The zero-order valence-electron chi connectivity index (χ0n) is 18.7. The van der Waals surface area contributed by atoms with E-state index in [0.717, 1.165) is 11.1 Å². The molecule has 0 heterocycles. The van der Waals surface area contributed by atoms with Crippen LogP contribution >= 0.6 is 0 Å². The lowest BCUT2D eigenvalue weighted by Gasteiger charge is -2.19. The van der Waals surface area contributed by atoms with Gasteiger partial charge in [0.2, 0.25) is 5.91 Å². The summed E-state index contributed by atoms with van der Waals surface area (Å²) in [5.41, 5.74) is 1.57. The maximum absolute atomic E-state index is 12.4. The molecule has 2 rings (SSSR count). The van der Waals surface area contributed by atoms with E-state index in [1.165, 1.54) is 19.2 Å². The van der Waals surface area contributed by atoms with Gasteiger partial charge in [-0.25, -0.2) is 4.79 Å². The summed E-state index contributed by atoms with van der Waals surface area (Å²) in [6.45, 7) is 1.51. The molecule has 0 spiro atoms. The first-order valence-corrected chi connectivity index (χ1v) is 10.5. The summed E-state index contributed by atoms with van der Waals surface area (Å²) in [7, 11) is 1.35. The van der Waals surface area contributed by atoms with Crippen molar-refractivity contribution in [1.82, 2.24) is 5.32 Å². The second-order valence-corrected chi connectivity index (χ2v) is 7.07. The summed E-state index contributed by atoms with van der Waals surface area (Å²) in [5, 5.41) is 12.0. The molecule has 0 saturated carbocycles. The van der Waals surface area contributed by atoms with Crippen molar-refractivity contribution in [3.63, 3.8) is 0 Å². The van der Waals surface area contributed by atoms with E-state index in [1.54, 1.807) is 19.1 Å². The Kier molecular flexibility index (Phi) is 10.9. The number of aromatic hydroxyl groups is 1. The van der Waals surface area contributed by atoms with Crippen LogP contribution in [-0.2, 0) is 46.4 Å². The fourth-order valence-corrected chi connectivity index (χ4v) is 2.85. The molecule has 0 aliphatic rings. The molecule has 9 nitrogen and oxygen atoms in total. The molecule has 0 saturated heterocycles. The average Bonchev–Trinajstić information content (AvgIpc) is 2.82. The molecule has 2 atom stereocenters. The molecular formula is C24H29NO8. The van der Waals surface area contributed by atoms with Gasteiger partial charge in [-0.1, -0.05) is 42.5 Å². The number of carbonyl (C=O) groups excluding carboxylic acids is 3. The van der Waals surface area contributed by atoms with Crippen LogP contribution in [0.5, 0.6) is 5.75 Å². The highest BCUT2D eigenvalue weighted by molar-refractivity contribution is 5.85. The molecule has 0 radical (unpaired) electrons. The standard InChI is InChI=1S/C24H29NO8/c1-3-31-24(29)20(13-17-9-11-19(26)12-10-17)25-21(27)16-33-23(30-2)14-22(28)32-15-18-7-5-4-6-8-18/h4-12,20,23,26H,3,13-16H2,1-2H3,(H,25,27). The van der Waals surface area contributed by atoms with E-state index in [-0.39, 0.29) is 31.8 Å². The van der Waals surface area contributed by atoms with Crippen LogP contribution in [-0.4, -0.2) is 55.6 Å². The molecule has 1 amide bonds. The highest BCUT2D eigenvalue weighted by Crippen LogP contribution is 2.12. The van der Waals surface area contributed by atoms with Crippen LogP contribution in [0.4, 0.5) is 0 Å². The van der Waals surface area contributed by atoms with Gasteiger partial charge in [0.25, 0.3) is 0 Å². The monoisotopic (exact) mass is 459 g/mol. The van der Waals surface area contributed by atoms with Crippen LogP contribution in [0.15, 0.2) is 54.6 Å². The first kappa shape index (κ1) is 25.8. The average molecular weight is 459 g/mol. The van der Waals surface area contributed by atoms with Gasteiger partial charge >= 0.3 is 11.9 Å². The molecule has 9 heteroatoms. The third-order valence-corrected chi connectivity index (χ3v) is 4.52. The topological polar surface area (TPSA) is 120 Å². The number of esters is 2. The lowest BCUT2D eigenvalue weighted by Crippen LogP contribution is -2.45. The molecule has 0 bridgehead atoms. The van der Waals surface area contributed by atoms with Crippen molar-refractivity contribution in [3.8, 4) is 5.75 Å². The Balaban J connectivity index is 1.83. The number of ether oxygens (including phenoxy) is 4. The Morgan fingerprint density at radius 2 is 1.67 bits per heavy atom. The summed E-state index contributed by atoms with van der Waals surface area (Å²) in [6, 6.07) is 14.5. The second kappa shape index (κ2) is 13.9. The van der Waals surface area contributed by atoms with Gasteiger partial charge < -0.3 is 29.4 Å². The number of phenolic OH excluding ortho intramolecular Hbond substituents is 1. The van der Waals surface area contributed by atoms with Crippen LogP contribution in [0.1, 0.15) is 24.5 Å². The van der Waals surface area contributed by atoms with E-state index >= 15 is 0 Å². The van der Waals surface area contributed by atoms with Gasteiger partial charge in [0.15, 0.2) is 6.29 Å². The molecule has 0 aliphatic carbocycles. The predicted octanol–water partition coefficient (Wildman–Crippen LogP) is 2.11. The van der Waals surface area contributed by atoms with E-state index in [0.29, 0.717) is 0 Å². The fourth-order valence-electron chi connectivity index (χ4n) is 2.85. The second-order valence-electron chi connectivity index (χ2n) is 7.07. The van der Waals surface area contributed by atoms with Crippen molar-refractivity contribution in [2.24, 2.45) is 0 Å². The lowest BCUT2D eigenvalue weighted by molar-refractivity contribution is -0.169. The van der Waals surface area contributed by atoms with Crippen molar-refractivity contribution in [3.05, 3.63) is 65.7 Å². The minimum absolute atomic E-state index is 0.0942. The summed E-state index contributed by atoms with van der Waals surface area (Å²) in [4.78, 5) is 36.7. The molecular weight excluding hydrogens is 430 g/mol. The van der Waals surface area contributed by atoms with Gasteiger partial charge in [0.1, 0.15) is 25.0 Å². The Hall–Kier alpha value is -3.43. The number of benzene rings is 2. The molecule has 0 aliphatic heterocycles. The van der Waals surface area contributed by atoms with Crippen LogP contribution < -0.4 is 5.32 Å². The van der Waals surface area contributed by atoms with E-state index in [9.17, 15) is 19.5 Å². The smallest absolute Gasteiger partial charge is 0.328 e. The van der Waals surface area contributed by atoms with Gasteiger partial charge in [-0.2, -0.15) is 0 Å². The third kappa shape index (κ3) is 9.71. The van der Waals surface area contributed by atoms with Gasteiger partial charge in [-0.3, -0.25) is 9.59 Å². The molecule has 33 heavy (non-hydrogen) atoms. The van der Waals surface area contributed by atoms with Gasteiger partial charge in [-0.05, 0) is 30.2 Å². The Labute approximate surface area is 192 Å². The van der Waals surface area contributed by atoms with Gasteiger partial charge in [-0.15, -0.1) is 0 Å². The zero-order valence-corrected chi connectivity index (χ0v) is 18.7. The van der Waals surface area contributed by atoms with Crippen LogP contribution in [0.2, 0.25) is 0 Å². The first-order chi connectivity index (χ1) is 15.9. The number of hydrogen-bond donors (Lipinski definition) is 2. The number of carbonyl (C=O) groups is 3. The van der Waals surface area contributed by atoms with Crippen LogP contribution in [0.3, 0.4) is 0 Å². The highest BCUT2D eigenvalue weighted by atomic mass is 16.7. The van der Waals surface area contributed by atoms with Crippen molar-refractivity contribution >= 4 is 17.8 Å². The van der Waals surface area contributed by atoms with E-state index in [2.05, 4.69) is 5.32 Å². The van der Waals surface area contributed by atoms with Gasteiger partial charge in [0.05, 0.1) is 13.0 Å². The largest absolute Gasteiger partial charge is 0.508 e. The Bertz CT molecular complexity index is 885. The summed E-state index contributed by atoms with van der Waals surface area (Å²) in [6.07, 6.45) is -1.02. The maximum atomic E-state index is 12.4. The lowest BCUT2D eigenvalue weighted by atomic mass is 10.1. The molecule has 2 aromatic carbocycles. The van der Waals surface area contributed by atoms with E-state index < -0.39 is 36.8 Å². The van der Waals surface area contributed by atoms with Crippen LogP contribution in [0, 0.1) is 0 Å². The van der Waals surface area contributed by atoms with Crippen molar-refractivity contribution in [2.45, 2.75) is 38.7 Å². The highest BCUT2D eigenvalue weighted by Gasteiger charge is 2.24. The number of rotatable bonds is 13. The van der Waals surface area contributed by atoms with Gasteiger partial charge in [0, 0.05) is 13.5 Å². The van der Waals surface area contributed by atoms with Crippen molar-refractivity contribution < 1.29 is 38.4 Å². The van der Waals surface area contributed by atoms with Crippen LogP contribution in [0.25, 0.3) is 0 Å². The van der Waals surface area contributed by atoms with E-state index in [1.807, 2.05) is 30.3 Å². The van der Waals surface area contributed by atoms with Crippen molar-refractivity contribution in [1.29, 1.82) is 0 Å². The van der Waals surface area contributed by atoms with Crippen molar-refractivity contribution in [2.75, 3.05) is 20.3 Å². The number of amides is 1. The summed E-state index contributed by atoms with van der Waals surface area (Å²) >= 11 is 0. The number of hydrogen-bond acceptors (Lipinski definition) is 8. The molecule has 0 aromatic heterocycles. The quantitative estimate of drug-likeness (QED) is 0.345. The molecule has 2 N–H and O–H groups in total. The van der Waals surface area contributed by atoms with E-state index in [4.69, 9.17) is 18.9 Å². The third-order valence-electron chi connectivity index (χ3n) is 4.52. The summed E-state index contributed by atoms with van der Waals surface area (Å²) in [5.74, 6) is -1.61.